The van der Waals surface area contributed by atoms with Crippen LogP contribution in [0.25, 0.3) is 0 Å². The second-order valence-electron chi connectivity index (χ2n) is 4.17. The van der Waals surface area contributed by atoms with E-state index in [9.17, 15) is 18.0 Å². The van der Waals surface area contributed by atoms with E-state index in [1.54, 1.807) is 6.92 Å². The predicted molar refractivity (Wildman–Crippen MR) is 70.4 cm³/mol. The van der Waals surface area contributed by atoms with Crippen molar-refractivity contribution < 1.29 is 23.1 Å². The van der Waals surface area contributed by atoms with Gasteiger partial charge in [0.05, 0.1) is 11.6 Å². The number of halogens is 3. The molecule has 0 fully saturated rings. The highest BCUT2D eigenvalue weighted by Gasteiger charge is 2.30. The summed E-state index contributed by atoms with van der Waals surface area (Å²) in [6.07, 6.45) is -3.39. The Hall–Kier alpha value is -2.16. The molecule has 0 saturated carbocycles. The monoisotopic (exact) mass is 317 g/mol. The van der Waals surface area contributed by atoms with E-state index in [4.69, 9.17) is 5.11 Å². The molecule has 21 heavy (non-hydrogen) atoms. The minimum absolute atomic E-state index is 0.0457. The molecule has 0 bridgehead atoms. The highest BCUT2D eigenvalue weighted by atomic mass is 32.1. The van der Waals surface area contributed by atoms with E-state index in [0.29, 0.717) is 5.01 Å². The van der Waals surface area contributed by atoms with E-state index in [-0.39, 0.29) is 11.5 Å². The van der Waals surface area contributed by atoms with Gasteiger partial charge in [-0.1, -0.05) is 0 Å². The Kier molecular flexibility index (Phi) is 4.12. The number of thiazole rings is 1. The summed E-state index contributed by atoms with van der Waals surface area (Å²) in [6, 6.07) is 1.31. The van der Waals surface area contributed by atoms with Gasteiger partial charge in [0.1, 0.15) is 10.8 Å². The lowest BCUT2D eigenvalue weighted by Gasteiger charge is -2.13. The molecule has 2 aromatic heterocycles. The molecule has 1 atom stereocenters. The van der Waals surface area contributed by atoms with E-state index in [1.807, 2.05) is 0 Å². The minimum atomic E-state index is -4.44. The molecule has 5 nitrogen and oxygen atoms in total. The molecule has 2 aromatic rings. The second-order valence-corrected chi connectivity index (χ2v) is 5.06. The Labute approximate surface area is 121 Å². The highest BCUT2D eigenvalue weighted by molar-refractivity contribution is 7.09. The molecule has 112 valence electrons. The van der Waals surface area contributed by atoms with Crippen LogP contribution in [0.3, 0.4) is 0 Å². The average molecular weight is 317 g/mol. The van der Waals surface area contributed by atoms with Crippen molar-refractivity contribution >= 4 is 23.1 Å². The first-order valence-corrected chi connectivity index (χ1v) is 6.64. The normalized spacial score (nSPS) is 13.0. The molecule has 0 aliphatic rings. The SMILES string of the molecule is CC(Nc1cc(C(F)(F)F)ccn1)c1nc(C(=O)O)cs1. The van der Waals surface area contributed by atoms with Crippen LogP contribution in [-0.2, 0) is 6.18 Å². The summed E-state index contributed by atoms with van der Waals surface area (Å²) >= 11 is 1.11. The van der Waals surface area contributed by atoms with Crippen LogP contribution in [0.2, 0.25) is 0 Å². The molecule has 0 amide bonds. The molecule has 0 spiro atoms. The van der Waals surface area contributed by atoms with Crippen molar-refractivity contribution in [1.29, 1.82) is 0 Å². The molecule has 2 rings (SSSR count). The zero-order valence-corrected chi connectivity index (χ0v) is 11.5. The first kappa shape index (κ1) is 15.2. The number of hydrogen-bond acceptors (Lipinski definition) is 5. The fraction of sp³-hybridized carbons (Fsp3) is 0.250. The molecule has 0 radical (unpaired) electrons. The first-order valence-electron chi connectivity index (χ1n) is 5.76. The first-order chi connectivity index (χ1) is 9.77. The maximum Gasteiger partial charge on any atom is 0.416 e. The highest BCUT2D eigenvalue weighted by Crippen LogP contribution is 2.30. The molecule has 1 unspecified atom stereocenters. The summed E-state index contributed by atoms with van der Waals surface area (Å²) in [5.41, 5.74) is -0.904. The topological polar surface area (TPSA) is 75.1 Å². The fourth-order valence-electron chi connectivity index (χ4n) is 1.55. The van der Waals surface area contributed by atoms with Gasteiger partial charge >= 0.3 is 12.1 Å². The summed E-state index contributed by atoms with van der Waals surface area (Å²) in [6.45, 7) is 1.66. The summed E-state index contributed by atoms with van der Waals surface area (Å²) in [4.78, 5) is 18.4. The molecule has 0 aliphatic heterocycles. The van der Waals surface area contributed by atoms with Crippen LogP contribution < -0.4 is 5.32 Å². The van der Waals surface area contributed by atoms with Crippen LogP contribution in [0.1, 0.15) is 34.0 Å². The lowest BCUT2D eigenvalue weighted by Crippen LogP contribution is -2.11. The van der Waals surface area contributed by atoms with Crippen molar-refractivity contribution in [2.45, 2.75) is 19.1 Å². The van der Waals surface area contributed by atoms with Crippen LogP contribution >= 0.6 is 11.3 Å². The number of aromatic carboxylic acids is 1. The van der Waals surface area contributed by atoms with Gasteiger partial charge in [0.25, 0.3) is 0 Å². The Morgan fingerprint density at radius 2 is 2.19 bits per heavy atom. The van der Waals surface area contributed by atoms with E-state index in [2.05, 4.69) is 15.3 Å². The molecule has 2 N–H and O–H groups in total. The summed E-state index contributed by atoms with van der Waals surface area (Å²) in [7, 11) is 0. The summed E-state index contributed by atoms with van der Waals surface area (Å²) in [5.74, 6) is -1.11. The number of anilines is 1. The number of alkyl halides is 3. The Balaban J connectivity index is 2.15. The van der Waals surface area contributed by atoms with E-state index in [0.717, 1.165) is 29.7 Å². The third-order valence-corrected chi connectivity index (χ3v) is 3.59. The number of carbonyl (C=O) groups is 1. The fourth-order valence-corrected chi connectivity index (χ4v) is 2.35. The number of nitrogens with one attached hydrogen (secondary N) is 1. The zero-order valence-electron chi connectivity index (χ0n) is 10.7. The van der Waals surface area contributed by atoms with Crippen LogP contribution in [0, 0.1) is 0 Å². The predicted octanol–water partition coefficient (Wildman–Crippen LogP) is 3.43. The Morgan fingerprint density at radius 1 is 1.48 bits per heavy atom. The van der Waals surface area contributed by atoms with Gasteiger partial charge in [-0.25, -0.2) is 14.8 Å². The van der Waals surface area contributed by atoms with Crippen LogP contribution in [0.15, 0.2) is 23.7 Å². The van der Waals surface area contributed by atoms with Crippen molar-refractivity contribution in [2.24, 2.45) is 0 Å². The quantitative estimate of drug-likeness (QED) is 0.903. The minimum Gasteiger partial charge on any atom is -0.476 e. The van der Waals surface area contributed by atoms with Crippen molar-refractivity contribution in [3.63, 3.8) is 0 Å². The summed E-state index contributed by atoms with van der Waals surface area (Å²) < 4.78 is 37.8. The molecular weight excluding hydrogens is 307 g/mol. The van der Waals surface area contributed by atoms with Crippen molar-refractivity contribution in [3.05, 3.63) is 40.0 Å². The molecule has 0 aromatic carbocycles. The zero-order chi connectivity index (χ0) is 15.6. The van der Waals surface area contributed by atoms with Crippen molar-refractivity contribution in [1.82, 2.24) is 9.97 Å². The van der Waals surface area contributed by atoms with Crippen LogP contribution in [0.4, 0.5) is 19.0 Å². The molecular formula is C12H10F3N3O2S. The van der Waals surface area contributed by atoms with Gasteiger partial charge < -0.3 is 10.4 Å². The lowest BCUT2D eigenvalue weighted by atomic mass is 10.2. The Morgan fingerprint density at radius 3 is 2.76 bits per heavy atom. The third kappa shape index (κ3) is 3.69. The smallest absolute Gasteiger partial charge is 0.416 e. The number of carboxylic acid groups (broad SMARTS) is 1. The van der Waals surface area contributed by atoms with Gasteiger partial charge in [-0.2, -0.15) is 13.2 Å². The number of hydrogen-bond donors (Lipinski definition) is 2. The van der Waals surface area contributed by atoms with Gasteiger partial charge in [-0.05, 0) is 19.1 Å². The maximum atomic E-state index is 12.6. The van der Waals surface area contributed by atoms with Crippen LogP contribution in [-0.4, -0.2) is 21.0 Å². The standard InChI is InChI=1S/C12H10F3N3O2S/c1-6(10-18-8(5-21-10)11(19)20)17-9-4-7(2-3-16-9)12(13,14)15/h2-6H,1H3,(H,16,17)(H,19,20). The van der Waals surface area contributed by atoms with Crippen molar-refractivity contribution in [2.75, 3.05) is 5.32 Å². The number of nitrogens with zero attached hydrogens (tertiary/aromatic N) is 2. The summed E-state index contributed by atoms with van der Waals surface area (Å²) in [5, 5.41) is 13.4. The third-order valence-electron chi connectivity index (χ3n) is 2.56. The second kappa shape index (κ2) is 5.68. The number of rotatable bonds is 4. The lowest BCUT2D eigenvalue weighted by molar-refractivity contribution is -0.137. The van der Waals surface area contributed by atoms with Gasteiger partial charge in [-0.3, -0.25) is 0 Å². The number of pyridine rings is 1. The molecule has 9 heteroatoms. The number of carboxylic acids is 1. The number of aromatic nitrogens is 2. The molecule has 0 saturated heterocycles. The average Bonchev–Trinajstić information content (AvgIpc) is 2.88. The maximum absolute atomic E-state index is 12.6. The van der Waals surface area contributed by atoms with Crippen molar-refractivity contribution in [3.8, 4) is 0 Å². The van der Waals surface area contributed by atoms with Gasteiger partial charge in [0.15, 0.2) is 5.69 Å². The van der Waals surface area contributed by atoms with Gasteiger partial charge in [0, 0.05) is 11.6 Å². The van der Waals surface area contributed by atoms with Gasteiger partial charge in [0.2, 0.25) is 0 Å². The van der Waals surface area contributed by atoms with E-state index >= 15 is 0 Å². The van der Waals surface area contributed by atoms with Gasteiger partial charge in [-0.15, -0.1) is 11.3 Å². The largest absolute Gasteiger partial charge is 0.476 e. The molecule has 0 aliphatic carbocycles. The molecule has 2 heterocycles. The van der Waals surface area contributed by atoms with E-state index in [1.165, 1.54) is 5.38 Å². The van der Waals surface area contributed by atoms with E-state index < -0.39 is 23.8 Å². The Bertz CT molecular complexity index is 657. The van der Waals surface area contributed by atoms with Crippen LogP contribution in [0.5, 0.6) is 0 Å².